The van der Waals surface area contributed by atoms with Crippen molar-refractivity contribution in [3.63, 3.8) is 0 Å². The third-order valence-electron chi connectivity index (χ3n) is 1.74. The van der Waals surface area contributed by atoms with E-state index in [-0.39, 0.29) is 0 Å². The van der Waals surface area contributed by atoms with Gasteiger partial charge in [-0.15, -0.1) is 0 Å². The van der Waals surface area contributed by atoms with Gasteiger partial charge in [-0.05, 0) is 12.5 Å². The van der Waals surface area contributed by atoms with Gasteiger partial charge < -0.3 is 10.5 Å². The van der Waals surface area contributed by atoms with Gasteiger partial charge in [-0.1, -0.05) is 12.2 Å². The minimum absolute atomic E-state index is 0.398. The molecule has 0 spiro atoms. The van der Waals surface area contributed by atoms with Gasteiger partial charge in [-0.3, -0.25) is 0 Å². The maximum absolute atomic E-state index is 5.51. The van der Waals surface area contributed by atoms with E-state index in [4.69, 9.17) is 10.5 Å². The average Bonchev–Trinajstić information content (AvgIpc) is 2.04. The van der Waals surface area contributed by atoms with Crippen molar-refractivity contribution in [2.45, 2.75) is 6.42 Å². The second-order valence-electron chi connectivity index (χ2n) is 2.37. The van der Waals surface area contributed by atoms with Crippen LogP contribution in [0.2, 0.25) is 0 Å². The normalized spacial score (nSPS) is 24.2. The highest BCUT2D eigenvalue weighted by atomic mass is 16.5. The summed E-state index contributed by atoms with van der Waals surface area (Å²) in [4.78, 5) is 0. The summed E-state index contributed by atoms with van der Waals surface area (Å²) in [6.07, 6.45) is 7.10. The Kier molecular flexibility index (Phi) is 2.51. The van der Waals surface area contributed by atoms with Gasteiger partial charge in [0, 0.05) is 12.5 Å². The van der Waals surface area contributed by atoms with Crippen LogP contribution in [-0.4, -0.2) is 13.7 Å². The topological polar surface area (TPSA) is 35.2 Å². The molecular weight excluding hydrogens is 126 g/mol. The minimum Gasteiger partial charge on any atom is -0.501 e. The van der Waals surface area contributed by atoms with Crippen LogP contribution in [0.1, 0.15) is 6.42 Å². The predicted molar refractivity (Wildman–Crippen MR) is 41.4 cm³/mol. The number of methoxy groups -OCH3 is 1. The van der Waals surface area contributed by atoms with Crippen LogP contribution in [0.15, 0.2) is 24.0 Å². The van der Waals surface area contributed by atoms with E-state index in [1.54, 1.807) is 7.11 Å². The fraction of sp³-hybridized carbons (Fsp3) is 0.500. The molecule has 10 heavy (non-hydrogen) atoms. The Morgan fingerprint density at radius 2 is 2.60 bits per heavy atom. The fourth-order valence-corrected chi connectivity index (χ4v) is 1.11. The lowest BCUT2D eigenvalue weighted by Gasteiger charge is -2.17. The molecule has 0 aromatic heterocycles. The number of allylic oxidation sites excluding steroid dienone is 3. The third kappa shape index (κ3) is 1.39. The number of hydrogen-bond acceptors (Lipinski definition) is 2. The molecule has 1 unspecified atom stereocenters. The highest BCUT2D eigenvalue weighted by Gasteiger charge is 2.12. The average molecular weight is 139 g/mol. The van der Waals surface area contributed by atoms with Crippen LogP contribution in [0.4, 0.5) is 0 Å². The van der Waals surface area contributed by atoms with Gasteiger partial charge in [0.25, 0.3) is 0 Å². The van der Waals surface area contributed by atoms with E-state index in [1.807, 2.05) is 12.2 Å². The van der Waals surface area contributed by atoms with Crippen molar-refractivity contribution >= 4 is 0 Å². The Hall–Kier alpha value is -0.760. The molecule has 0 bridgehead atoms. The molecule has 1 aliphatic rings. The summed E-state index contributed by atoms with van der Waals surface area (Å²) < 4.78 is 5.12. The van der Waals surface area contributed by atoms with Crippen LogP contribution in [0.5, 0.6) is 0 Å². The summed E-state index contributed by atoms with van der Waals surface area (Å²) in [5, 5.41) is 0. The van der Waals surface area contributed by atoms with Crippen molar-refractivity contribution < 1.29 is 4.74 Å². The van der Waals surface area contributed by atoms with Crippen LogP contribution in [0, 0.1) is 5.92 Å². The van der Waals surface area contributed by atoms with Crippen molar-refractivity contribution in [1.82, 2.24) is 0 Å². The molecule has 1 atom stereocenters. The molecule has 56 valence electrons. The number of hydrogen-bond donors (Lipinski definition) is 1. The molecular formula is C8H13NO. The Labute approximate surface area is 61.4 Å². The lowest BCUT2D eigenvalue weighted by Crippen LogP contribution is -2.18. The smallest absolute Gasteiger partial charge is 0.100 e. The zero-order valence-electron chi connectivity index (χ0n) is 6.21. The third-order valence-corrected chi connectivity index (χ3v) is 1.74. The molecule has 0 heterocycles. The number of rotatable bonds is 2. The van der Waals surface area contributed by atoms with E-state index in [9.17, 15) is 0 Å². The summed E-state index contributed by atoms with van der Waals surface area (Å²) >= 11 is 0. The summed E-state index contributed by atoms with van der Waals surface area (Å²) in [5.41, 5.74) is 5.51. The summed E-state index contributed by atoms with van der Waals surface area (Å²) in [6.45, 7) is 0.671. The van der Waals surface area contributed by atoms with E-state index >= 15 is 0 Å². The van der Waals surface area contributed by atoms with E-state index in [1.165, 1.54) is 0 Å². The Bertz CT molecular complexity index is 161. The molecule has 0 aromatic carbocycles. The Balaban J connectivity index is 2.61. The maximum atomic E-state index is 5.51. The van der Waals surface area contributed by atoms with E-state index in [2.05, 4.69) is 6.08 Å². The summed E-state index contributed by atoms with van der Waals surface area (Å²) in [6, 6.07) is 0. The van der Waals surface area contributed by atoms with Crippen LogP contribution in [-0.2, 0) is 4.74 Å². The molecule has 0 radical (unpaired) electrons. The zero-order chi connectivity index (χ0) is 7.40. The quantitative estimate of drug-likeness (QED) is 0.620. The SMILES string of the molecule is COC1=CC=CCC1CN. The first-order chi connectivity index (χ1) is 4.88. The maximum Gasteiger partial charge on any atom is 0.100 e. The molecule has 0 aliphatic heterocycles. The first-order valence-electron chi connectivity index (χ1n) is 3.49. The standard InChI is InChI=1S/C8H13NO/c1-10-8-5-3-2-4-7(8)6-9/h2-3,5,7H,4,6,9H2,1H3. The van der Waals surface area contributed by atoms with E-state index in [0.717, 1.165) is 12.2 Å². The van der Waals surface area contributed by atoms with Gasteiger partial charge in [0.05, 0.1) is 7.11 Å². The monoisotopic (exact) mass is 139 g/mol. The van der Waals surface area contributed by atoms with Gasteiger partial charge in [0.2, 0.25) is 0 Å². The molecule has 0 amide bonds. The summed E-state index contributed by atoms with van der Waals surface area (Å²) in [5.74, 6) is 1.40. The van der Waals surface area contributed by atoms with E-state index in [0.29, 0.717) is 12.5 Å². The molecule has 0 saturated carbocycles. The second kappa shape index (κ2) is 3.42. The van der Waals surface area contributed by atoms with Gasteiger partial charge in [0.15, 0.2) is 0 Å². The minimum atomic E-state index is 0.398. The molecule has 0 fully saturated rings. The lowest BCUT2D eigenvalue weighted by atomic mass is 9.99. The van der Waals surface area contributed by atoms with Crippen molar-refractivity contribution in [2.24, 2.45) is 11.7 Å². The molecule has 0 saturated heterocycles. The van der Waals surface area contributed by atoms with Crippen LogP contribution < -0.4 is 5.73 Å². The molecule has 2 nitrogen and oxygen atoms in total. The number of nitrogens with two attached hydrogens (primary N) is 1. The van der Waals surface area contributed by atoms with Crippen molar-refractivity contribution in [3.8, 4) is 0 Å². The van der Waals surface area contributed by atoms with Crippen LogP contribution in [0.25, 0.3) is 0 Å². The van der Waals surface area contributed by atoms with Gasteiger partial charge in [-0.2, -0.15) is 0 Å². The molecule has 0 aromatic rings. The van der Waals surface area contributed by atoms with Crippen LogP contribution >= 0.6 is 0 Å². The molecule has 2 heteroatoms. The van der Waals surface area contributed by atoms with Crippen molar-refractivity contribution in [2.75, 3.05) is 13.7 Å². The van der Waals surface area contributed by atoms with Crippen LogP contribution in [0.3, 0.4) is 0 Å². The van der Waals surface area contributed by atoms with Gasteiger partial charge in [-0.25, -0.2) is 0 Å². The first kappa shape index (κ1) is 7.35. The largest absolute Gasteiger partial charge is 0.501 e. The zero-order valence-corrected chi connectivity index (χ0v) is 6.21. The second-order valence-corrected chi connectivity index (χ2v) is 2.37. The highest BCUT2D eigenvalue weighted by Crippen LogP contribution is 2.18. The molecule has 2 N–H and O–H groups in total. The van der Waals surface area contributed by atoms with Gasteiger partial charge in [0.1, 0.15) is 5.76 Å². The lowest BCUT2D eigenvalue weighted by molar-refractivity contribution is 0.241. The number of ether oxygens (including phenoxy) is 1. The van der Waals surface area contributed by atoms with Crippen molar-refractivity contribution in [3.05, 3.63) is 24.0 Å². The first-order valence-corrected chi connectivity index (χ1v) is 3.49. The summed E-state index contributed by atoms with van der Waals surface area (Å²) in [7, 11) is 1.69. The van der Waals surface area contributed by atoms with Crippen molar-refractivity contribution in [1.29, 1.82) is 0 Å². The fourth-order valence-electron chi connectivity index (χ4n) is 1.11. The van der Waals surface area contributed by atoms with Gasteiger partial charge >= 0.3 is 0 Å². The predicted octanol–water partition coefficient (Wildman–Crippen LogP) is 1.05. The van der Waals surface area contributed by atoms with E-state index < -0.39 is 0 Å². The highest BCUT2D eigenvalue weighted by molar-refractivity contribution is 5.16. The Morgan fingerprint density at radius 1 is 1.80 bits per heavy atom. The Morgan fingerprint density at radius 3 is 3.10 bits per heavy atom. The molecule has 1 aliphatic carbocycles. The molecule has 1 rings (SSSR count).